The van der Waals surface area contributed by atoms with E-state index in [2.05, 4.69) is 5.32 Å². The number of ether oxygens (including phenoxy) is 1. The van der Waals surface area contributed by atoms with Crippen molar-refractivity contribution in [3.63, 3.8) is 0 Å². The van der Waals surface area contributed by atoms with Gasteiger partial charge in [-0.05, 0) is 12.1 Å². The van der Waals surface area contributed by atoms with Crippen LogP contribution in [0.4, 0.5) is 10.1 Å². The van der Waals surface area contributed by atoms with E-state index in [0.29, 0.717) is 0 Å². The summed E-state index contributed by atoms with van der Waals surface area (Å²) in [5.41, 5.74) is -0.366. The number of para-hydroxylation sites is 1. The van der Waals surface area contributed by atoms with Gasteiger partial charge in [0.25, 0.3) is 11.6 Å². The SMILES string of the molecule is O=C(COC(=O)c1ccccc1[N+](=O)[O-])NCc1ccccc1F. The molecule has 0 spiro atoms. The molecule has 0 heterocycles. The molecule has 0 atom stereocenters. The molecule has 0 aromatic heterocycles. The molecule has 0 radical (unpaired) electrons. The molecule has 0 aliphatic rings. The smallest absolute Gasteiger partial charge is 0.345 e. The molecule has 0 saturated heterocycles. The zero-order chi connectivity index (χ0) is 17.5. The first-order chi connectivity index (χ1) is 11.5. The second-order valence-electron chi connectivity index (χ2n) is 4.72. The predicted molar refractivity (Wildman–Crippen MR) is 81.6 cm³/mol. The van der Waals surface area contributed by atoms with Crippen LogP contribution in [0, 0.1) is 15.9 Å². The van der Waals surface area contributed by atoms with E-state index in [1.54, 1.807) is 6.07 Å². The highest BCUT2D eigenvalue weighted by Gasteiger charge is 2.21. The van der Waals surface area contributed by atoms with Crippen molar-refractivity contribution in [2.45, 2.75) is 6.54 Å². The lowest BCUT2D eigenvalue weighted by Gasteiger charge is -2.07. The normalized spacial score (nSPS) is 10.0. The molecule has 0 aliphatic carbocycles. The molecule has 1 amide bonds. The van der Waals surface area contributed by atoms with Crippen LogP contribution in [0.2, 0.25) is 0 Å². The van der Waals surface area contributed by atoms with Crippen molar-refractivity contribution in [1.82, 2.24) is 5.32 Å². The number of nitrogens with zero attached hydrogens (tertiary/aromatic N) is 1. The average molecular weight is 332 g/mol. The van der Waals surface area contributed by atoms with Gasteiger partial charge >= 0.3 is 5.97 Å². The minimum absolute atomic E-state index is 0.0610. The summed E-state index contributed by atoms with van der Waals surface area (Å²) in [6.07, 6.45) is 0. The number of halogens is 1. The highest BCUT2D eigenvalue weighted by atomic mass is 19.1. The second kappa shape index (κ2) is 7.82. The van der Waals surface area contributed by atoms with Gasteiger partial charge in [-0.15, -0.1) is 0 Å². The van der Waals surface area contributed by atoms with Crippen molar-refractivity contribution >= 4 is 17.6 Å². The number of benzene rings is 2. The summed E-state index contributed by atoms with van der Waals surface area (Å²) < 4.78 is 18.1. The van der Waals surface area contributed by atoms with Gasteiger partial charge < -0.3 is 10.1 Å². The van der Waals surface area contributed by atoms with Crippen molar-refractivity contribution in [1.29, 1.82) is 0 Å². The minimum atomic E-state index is -0.983. The maximum atomic E-state index is 13.4. The molecule has 0 saturated carbocycles. The summed E-state index contributed by atoms with van der Waals surface area (Å²) in [6, 6.07) is 11.2. The number of amides is 1. The molecule has 0 bridgehead atoms. The van der Waals surface area contributed by atoms with E-state index in [-0.39, 0.29) is 17.7 Å². The van der Waals surface area contributed by atoms with Gasteiger partial charge in [0.15, 0.2) is 6.61 Å². The lowest BCUT2D eigenvalue weighted by atomic mass is 10.2. The molecule has 24 heavy (non-hydrogen) atoms. The number of nitro benzene ring substituents is 1. The van der Waals surface area contributed by atoms with E-state index in [4.69, 9.17) is 4.74 Å². The number of hydrogen-bond acceptors (Lipinski definition) is 5. The van der Waals surface area contributed by atoms with Crippen molar-refractivity contribution in [3.8, 4) is 0 Å². The number of nitrogens with one attached hydrogen (secondary N) is 1. The Kier molecular flexibility index (Phi) is 5.56. The third-order valence-corrected chi connectivity index (χ3v) is 3.09. The summed E-state index contributed by atoms with van der Waals surface area (Å²) in [5.74, 6) is -2.09. The van der Waals surface area contributed by atoms with Gasteiger partial charge in [-0.3, -0.25) is 14.9 Å². The fourth-order valence-electron chi connectivity index (χ4n) is 1.90. The first-order valence-corrected chi connectivity index (χ1v) is 6.89. The highest BCUT2D eigenvalue weighted by molar-refractivity contribution is 5.95. The molecule has 7 nitrogen and oxygen atoms in total. The Morgan fingerprint density at radius 1 is 1.12 bits per heavy atom. The van der Waals surface area contributed by atoms with Gasteiger partial charge in [0.1, 0.15) is 11.4 Å². The van der Waals surface area contributed by atoms with Gasteiger partial charge in [0.05, 0.1) is 4.92 Å². The summed E-state index contributed by atoms with van der Waals surface area (Å²) in [4.78, 5) is 33.6. The van der Waals surface area contributed by atoms with Crippen LogP contribution in [-0.2, 0) is 16.1 Å². The van der Waals surface area contributed by atoms with Crippen molar-refractivity contribution < 1.29 is 23.6 Å². The van der Waals surface area contributed by atoms with Crippen LogP contribution in [0.25, 0.3) is 0 Å². The molecule has 0 unspecified atom stereocenters. The first-order valence-electron chi connectivity index (χ1n) is 6.89. The number of nitro groups is 1. The van der Waals surface area contributed by atoms with E-state index in [1.165, 1.54) is 36.4 Å². The molecule has 0 fully saturated rings. The van der Waals surface area contributed by atoms with Crippen molar-refractivity contribution in [3.05, 3.63) is 75.6 Å². The second-order valence-corrected chi connectivity index (χ2v) is 4.72. The molecular weight excluding hydrogens is 319 g/mol. The van der Waals surface area contributed by atoms with Gasteiger partial charge in [-0.1, -0.05) is 30.3 Å². The van der Waals surface area contributed by atoms with Gasteiger partial charge in [0.2, 0.25) is 0 Å². The van der Waals surface area contributed by atoms with Crippen LogP contribution in [0.3, 0.4) is 0 Å². The van der Waals surface area contributed by atoms with Crippen LogP contribution in [0.15, 0.2) is 48.5 Å². The predicted octanol–water partition coefficient (Wildman–Crippen LogP) is 2.21. The number of esters is 1. The lowest BCUT2D eigenvalue weighted by molar-refractivity contribution is -0.385. The van der Waals surface area contributed by atoms with Crippen molar-refractivity contribution in [2.24, 2.45) is 0 Å². The molecule has 8 heteroatoms. The Hall–Kier alpha value is -3.29. The number of hydrogen-bond donors (Lipinski definition) is 1. The van der Waals surface area contributed by atoms with E-state index in [0.717, 1.165) is 6.07 Å². The molecule has 1 N–H and O–H groups in total. The Labute approximate surface area is 136 Å². The third kappa shape index (κ3) is 4.35. The first kappa shape index (κ1) is 17.1. The third-order valence-electron chi connectivity index (χ3n) is 3.09. The Morgan fingerprint density at radius 3 is 2.50 bits per heavy atom. The Morgan fingerprint density at radius 2 is 1.79 bits per heavy atom. The van der Waals surface area contributed by atoms with Gasteiger partial charge in [-0.2, -0.15) is 0 Å². The number of carbonyl (C=O) groups is 2. The fraction of sp³-hybridized carbons (Fsp3) is 0.125. The summed E-state index contributed by atoms with van der Waals surface area (Å²) in [6.45, 7) is -0.687. The van der Waals surface area contributed by atoms with E-state index < -0.39 is 34.9 Å². The van der Waals surface area contributed by atoms with Crippen LogP contribution in [0.5, 0.6) is 0 Å². The molecule has 2 aromatic rings. The van der Waals surface area contributed by atoms with Crippen LogP contribution in [-0.4, -0.2) is 23.4 Å². The Bertz CT molecular complexity index is 779. The summed E-state index contributed by atoms with van der Waals surface area (Å²) >= 11 is 0. The molecule has 2 aromatic carbocycles. The van der Waals surface area contributed by atoms with E-state index in [9.17, 15) is 24.1 Å². The maximum Gasteiger partial charge on any atom is 0.345 e. The molecular formula is C16H13FN2O5. The van der Waals surface area contributed by atoms with Gasteiger partial charge in [-0.25, -0.2) is 9.18 Å². The zero-order valence-electron chi connectivity index (χ0n) is 12.4. The van der Waals surface area contributed by atoms with Gasteiger partial charge in [0, 0.05) is 18.2 Å². The largest absolute Gasteiger partial charge is 0.452 e. The summed E-state index contributed by atoms with van der Waals surface area (Å²) in [5, 5.41) is 13.2. The topological polar surface area (TPSA) is 98.5 Å². The van der Waals surface area contributed by atoms with E-state index >= 15 is 0 Å². The van der Waals surface area contributed by atoms with Crippen LogP contribution in [0.1, 0.15) is 15.9 Å². The minimum Gasteiger partial charge on any atom is -0.452 e. The van der Waals surface area contributed by atoms with Crippen LogP contribution < -0.4 is 5.32 Å². The number of rotatable bonds is 6. The van der Waals surface area contributed by atoms with E-state index in [1.807, 2.05) is 0 Å². The standard InChI is InChI=1S/C16H13FN2O5/c17-13-7-3-1-5-11(13)9-18-15(20)10-24-16(21)12-6-2-4-8-14(12)19(22)23/h1-8H,9-10H2,(H,18,20). The van der Waals surface area contributed by atoms with Crippen molar-refractivity contribution in [2.75, 3.05) is 6.61 Å². The monoisotopic (exact) mass is 332 g/mol. The molecule has 124 valence electrons. The molecule has 0 aliphatic heterocycles. The summed E-state index contributed by atoms with van der Waals surface area (Å²) in [7, 11) is 0. The maximum absolute atomic E-state index is 13.4. The molecule has 2 rings (SSSR count). The highest BCUT2D eigenvalue weighted by Crippen LogP contribution is 2.18. The average Bonchev–Trinajstić information content (AvgIpc) is 2.59. The zero-order valence-corrected chi connectivity index (χ0v) is 12.4. The quantitative estimate of drug-likeness (QED) is 0.497. The lowest BCUT2D eigenvalue weighted by Crippen LogP contribution is -2.28. The fourth-order valence-corrected chi connectivity index (χ4v) is 1.90. The van der Waals surface area contributed by atoms with Crippen LogP contribution >= 0.6 is 0 Å². The number of carbonyl (C=O) groups excluding carboxylic acids is 2. The Balaban J connectivity index is 1.89.